The Hall–Kier alpha value is -0.390. The fourth-order valence-corrected chi connectivity index (χ4v) is 3.56. The van der Waals surface area contributed by atoms with Gasteiger partial charge in [-0.3, -0.25) is 4.90 Å². The van der Waals surface area contributed by atoms with E-state index in [1.807, 2.05) is 18.2 Å². The zero-order valence-corrected chi connectivity index (χ0v) is 13.8. The van der Waals surface area contributed by atoms with Gasteiger partial charge in [-0.25, -0.2) is 0 Å². The number of halogens is 2. The van der Waals surface area contributed by atoms with Crippen LogP contribution in [0.3, 0.4) is 0 Å². The van der Waals surface area contributed by atoms with E-state index in [1.54, 1.807) is 11.3 Å². The Bertz CT molecular complexity index is 530. The van der Waals surface area contributed by atoms with Crippen molar-refractivity contribution in [2.75, 3.05) is 13.6 Å². The van der Waals surface area contributed by atoms with Crippen LogP contribution in [0.2, 0.25) is 5.02 Å². The summed E-state index contributed by atoms with van der Waals surface area (Å²) >= 11 is 11.5. The number of thiophene rings is 1. The molecule has 2 nitrogen and oxygen atoms in total. The topological polar surface area (TPSA) is 29.3 Å². The average Bonchev–Trinajstić information content (AvgIpc) is 2.85. The van der Waals surface area contributed by atoms with Crippen LogP contribution in [0.25, 0.3) is 0 Å². The Morgan fingerprint density at radius 1 is 1.42 bits per heavy atom. The van der Waals surface area contributed by atoms with Crippen LogP contribution in [0.5, 0.6) is 0 Å². The summed E-state index contributed by atoms with van der Waals surface area (Å²) in [7, 11) is 2.08. The SMILES string of the molecule is CN(Cc1ccsc1)C(CN)c1ccc(Br)cc1Cl. The van der Waals surface area contributed by atoms with Gasteiger partial charge in [-0.1, -0.05) is 33.6 Å². The molecule has 2 N–H and O–H groups in total. The molecule has 0 aliphatic rings. The zero-order valence-electron chi connectivity index (χ0n) is 10.6. The fraction of sp³-hybridized carbons (Fsp3) is 0.286. The number of nitrogens with zero attached hydrogens (tertiary/aromatic N) is 1. The molecule has 2 rings (SSSR count). The van der Waals surface area contributed by atoms with Crippen LogP contribution in [-0.4, -0.2) is 18.5 Å². The van der Waals surface area contributed by atoms with Crippen LogP contribution in [0, 0.1) is 0 Å². The van der Waals surface area contributed by atoms with Gasteiger partial charge < -0.3 is 5.73 Å². The summed E-state index contributed by atoms with van der Waals surface area (Å²) in [6.45, 7) is 1.42. The summed E-state index contributed by atoms with van der Waals surface area (Å²) in [4.78, 5) is 2.23. The Balaban J connectivity index is 2.18. The van der Waals surface area contributed by atoms with E-state index >= 15 is 0 Å². The van der Waals surface area contributed by atoms with Crippen LogP contribution >= 0.6 is 38.9 Å². The molecule has 0 aliphatic carbocycles. The van der Waals surface area contributed by atoms with Crippen LogP contribution in [0.1, 0.15) is 17.2 Å². The second-order valence-electron chi connectivity index (χ2n) is 4.46. The predicted molar refractivity (Wildman–Crippen MR) is 86.7 cm³/mol. The number of hydrogen-bond donors (Lipinski definition) is 1. The van der Waals surface area contributed by atoms with E-state index in [0.29, 0.717) is 6.54 Å². The van der Waals surface area contributed by atoms with Crippen molar-refractivity contribution in [3.05, 3.63) is 55.6 Å². The number of likely N-dealkylation sites (N-methyl/N-ethyl adjacent to an activating group) is 1. The largest absolute Gasteiger partial charge is 0.329 e. The molecule has 0 saturated carbocycles. The second-order valence-corrected chi connectivity index (χ2v) is 6.57. The van der Waals surface area contributed by atoms with Gasteiger partial charge in [0.15, 0.2) is 0 Å². The molecule has 0 fully saturated rings. The van der Waals surface area contributed by atoms with Crippen molar-refractivity contribution in [1.82, 2.24) is 4.90 Å². The summed E-state index contributed by atoms with van der Waals surface area (Å²) in [5.41, 5.74) is 8.31. The van der Waals surface area contributed by atoms with E-state index < -0.39 is 0 Å². The molecule has 1 atom stereocenters. The average molecular weight is 360 g/mol. The highest BCUT2D eigenvalue weighted by atomic mass is 79.9. The Labute approximate surface area is 131 Å². The molecule has 19 heavy (non-hydrogen) atoms. The predicted octanol–water partition coefficient (Wildman–Crippen LogP) is 4.30. The summed E-state index contributed by atoms with van der Waals surface area (Å²) < 4.78 is 0.984. The Morgan fingerprint density at radius 3 is 2.79 bits per heavy atom. The molecule has 1 heterocycles. The lowest BCUT2D eigenvalue weighted by molar-refractivity contribution is 0.242. The van der Waals surface area contributed by atoms with Gasteiger partial charge in [0, 0.05) is 28.6 Å². The van der Waals surface area contributed by atoms with E-state index in [-0.39, 0.29) is 6.04 Å². The molecule has 102 valence electrons. The quantitative estimate of drug-likeness (QED) is 0.862. The van der Waals surface area contributed by atoms with E-state index in [4.69, 9.17) is 17.3 Å². The van der Waals surface area contributed by atoms with Crippen LogP contribution in [0.4, 0.5) is 0 Å². The molecule has 1 unspecified atom stereocenters. The molecule has 0 spiro atoms. The van der Waals surface area contributed by atoms with Crippen molar-refractivity contribution >= 4 is 38.9 Å². The van der Waals surface area contributed by atoms with Crippen LogP contribution < -0.4 is 5.73 Å². The van der Waals surface area contributed by atoms with Gasteiger partial charge in [0.1, 0.15) is 0 Å². The lowest BCUT2D eigenvalue weighted by atomic mass is 10.1. The molecule has 0 amide bonds. The summed E-state index contributed by atoms with van der Waals surface area (Å²) in [6.07, 6.45) is 0. The van der Waals surface area contributed by atoms with Gasteiger partial charge in [0.2, 0.25) is 0 Å². The lowest BCUT2D eigenvalue weighted by Gasteiger charge is -2.28. The minimum atomic E-state index is 0.125. The highest BCUT2D eigenvalue weighted by molar-refractivity contribution is 9.10. The minimum absolute atomic E-state index is 0.125. The number of rotatable bonds is 5. The Morgan fingerprint density at radius 2 is 2.21 bits per heavy atom. The van der Waals surface area contributed by atoms with E-state index in [9.17, 15) is 0 Å². The third kappa shape index (κ3) is 3.80. The summed E-state index contributed by atoms with van der Waals surface area (Å²) in [6, 6.07) is 8.22. The summed E-state index contributed by atoms with van der Waals surface area (Å²) in [5.74, 6) is 0. The summed E-state index contributed by atoms with van der Waals surface area (Å²) in [5, 5.41) is 5.00. The van der Waals surface area contributed by atoms with Crippen molar-refractivity contribution in [1.29, 1.82) is 0 Å². The highest BCUT2D eigenvalue weighted by Crippen LogP contribution is 2.29. The number of nitrogens with two attached hydrogens (primary N) is 1. The molecule has 1 aromatic heterocycles. The van der Waals surface area contributed by atoms with Gasteiger partial charge in [-0.05, 0) is 47.1 Å². The fourth-order valence-electron chi connectivity index (χ4n) is 2.10. The zero-order chi connectivity index (χ0) is 13.8. The van der Waals surface area contributed by atoms with Crippen LogP contribution in [0.15, 0.2) is 39.5 Å². The highest BCUT2D eigenvalue weighted by Gasteiger charge is 2.18. The molecule has 0 radical (unpaired) electrons. The first-order chi connectivity index (χ1) is 9.11. The van der Waals surface area contributed by atoms with Crippen LogP contribution in [-0.2, 0) is 6.54 Å². The molecule has 1 aromatic carbocycles. The standard InChI is InChI=1S/C14H16BrClN2S/c1-18(8-10-4-5-19-9-10)14(7-17)12-3-2-11(15)6-13(12)16/h2-6,9,14H,7-8,17H2,1H3. The molecule has 5 heteroatoms. The van der Waals surface area contributed by atoms with E-state index in [0.717, 1.165) is 21.6 Å². The van der Waals surface area contributed by atoms with Crippen molar-refractivity contribution < 1.29 is 0 Å². The molecule has 2 aromatic rings. The first-order valence-electron chi connectivity index (χ1n) is 5.98. The molecular formula is C14H16BrClN2S. The van der Waals surface area contributed by atoms with Crippen molar-refractivity contribution in [2.24, 2.45) is 5.73 Å². The normalized spacial score (nSPS) is 12.9. The van der Waals surface area contributed by atoms with Gasteiger partial charge in [-0.2, -0.15) is 11.3 Å². The van der Waals surface area contributed by atoms with Gasteiger partial charge in [0.25, 0.3) is 0 Å². The van der Waals surface area contributed by atoms with Gasteiger partial charge in [-0.15, -0.1) is 0 Å². The lowest BCUT2D eigenvalue weighted by Crippen LogP contribution is -2.30. The maximum Gasteiger partial charge on any atom is 0.0485 e. The monoisotopic (exact) mass is 358 g/mol. The van der Waals surface area contributed by atoms with Gasteiger partial charge >= 0.3 is 0 Å². The van der Waals surface area contributed by atoms with Gasteiger partial charge in [0.05, 0.1) is 0 Å². The molecule has 0 saturated heterocycles. The maximum absolute atomic E-state index is 6.32. The van der Waals surface area contributed by atoms with Crippen molar-refractivity contribution in [3.63, 3.8) is 0 Å². The molecular weight excluding hydrogens is 344 g/mol. The Kier molecular flexibility index (Phi) is 5.42. The van der Waals surface area contributed by atoms with E-state index in [1.165, 1.54) is 5.56 Å². The smallest absolute Gasteiger partial charge is 0.0485 e. The van der Waals surface area contributed by atoms with Crippen molar-refractivity contribution in [2.45, 2.75) is 12.6 Å². The number of hydrogen-bond acceptors (Lipinski definition) is 3. The first kappa shape index (κ1) is 15.0. The van der Waals surface area contributed by atoms with E-state index in [2.05, 4.69) is 44.7 Å². The third-order valence-corrected chi connectivity index (χ3v) is 4.64. The van der Waals surface area contributed by atoms with Crippen molar-refractivity contribution in [3.8, 4) is 0 Å². The third-order valence-electron chi connectivity index (χ3n) is 3.09. The second kappa shape index (κ2) is 6.86. The molecule has 0 bridgehead atoms. The minimum Gasteiger partial charge on any atom is -0.329 e. The maximum atomic E-state index is 6.32. The first-order valence-corrected chi connectivity index (χ1v) is 8.09. The number of benzene rings is 1. The molecule has 0 aliphatic heterocycles.